The van der Waals surface area contributed by atoms with Gasteiger partial charge in [0.1, 0.15) is 4.90 Å². The fraction of sp³-hybridized carbons (Fsp3) is 0.538. The molecule has 0 amide bonds. The first-order valence-corrected chi connectivity index (χ1v) is 8.14. The lowest BCUT2D eigenvalue weighted by Gasteiger charge is -2.19. The maximum atomic E-state index is 12.6. The van der Waals surface area contributed by atoms with E-state index < -0.39 is 14.9 Å². The lowest BCUT2D eigenvalue weighted by molar-refractivity contribution is -0.384. The van der Waals surface area contributed by atoms with Crippen molar-refractivity contribution in [3.8, 4) is 0 Å². The fourth-order valence-corrected chi connectivity index (χ4v) is 3.70. The molecule has 1 aliphatic carbocycles. The fourth-order valence-electron chi connectivity index (χ4n) is 2.30. The van der Waals surface area contributed by atoms with Crippen molar-refractivity contribution in [3.05, 3.63) is 28.3 Å². The highest BCUT2D eigenvalue weighted by molar-refractivity contribution is 7.89. The molecule has 1 fully saturated rings. The standard InChI is InChI=1S/C13H19N3O4S/c1-9-6-10(9)8-15(3)21(19,20)13-5-4-11(16(17)18)7-12(13)14-2/h4-5,7,9-10,14H,6,8H2,1-3H3. The molecule has 0 bridgehead atoms. The highest BCUT2D eigenvalue weighted by Crippen LogP contribution is 2.39. The first-order valence-electron chi connectivity index (χ1n) is 6.70. The Labute approximate surface area is 124 Å². The Morgan fingerprint density at radius 3 is 2.57 bits per heavy atom. The molecule has 1 aliphatic rings. The zero-order valence-corrected chi connectivity index (χ0v) is 13.1. The number of nitro groups is 1. The van der Waals surface area contributed by atoms with Gasteiger partial charge in [-0.05, 0) is 24.3 Å². The van der Waals surface area contributed by atoms with E-state index in [9.17, 15) is 18.5 Å². The lowest BCUT2D eigenvalue weighted by atomic mass is 10.3. The number of benzene rings is 1. The maximum absolute atomic E-state index is 12.6. The highest BCUT2D eigenvalue weighted by atomic mass is 32.2. The monoisotopic (exact) mass is 313 g/mol. The van der Waals surface area contributed by atoms with Crippen LogP contribution >= 0.6 is 0 Å². The Kier molecular flexibility index (Phi) is 4.20. The third-order valence-corrected chi connectivity index (χ3v) is 5.78. The molecule has 2 unspecified atom stereocenters. The van der Waals surface area contributed by atoms with E-state index in [1.54, 1.807) is 14.1 Å². The van der Waals surface area contributed by atoms with Gasteiger partial charge in [0.25, 0.3) is 5.69 Å². The Bertz CT molecular complexity index is 659. The summed E-state index contributed by atoms with van der Waals surface area (Å²) >= 11 is 0. The van der Waals surface area contributed by atoms with Crippen LogP contribution in [-0.4, -0.2) is 38.3 Å². The first-order chi connectivity index (χ1) is 9.77. The zero-order chi connectivity index (χ0) is 15.8. The van der Waals surface area contributed by atoms with Crippen LogP contribution in [0.15, 0.2) is 23.1 Å². The number of non-ortho nitro benzene ring substituents is 1. The van der Waals surface area contributed by atoms with E-state index in [2.05, 4.69) is 12.2 Å². The maximum Gasteiger partial charge on any atom is 0.271 e. The number of sulfonamides is 1. The minimum atomic E-state index is -3.65. The number of anilines is 1. The Morgan fingerprint density at radius 2 is 2.10 bits per heavy atom. The van der Waals surface area contributed by atoms with Gasteiger partial charge in [-0.2, -0.15) is 0 Å². The summed E-state index contributed by atoms with van der Waals surface area (Å²) in [5.41, 5.74) is 0.0941. The third kappa shape index (κ3) is 3.16. The molecule has 0 aliphatic heterocycles. The summed E-state index contributed by atoms with van der Waals surface area (Å²) in [6.45, 7) is 2.57. The normalized spacial score (nSPS) is 21.3. The summed E-state index contributed by atoms with van der Waals surface area (Å²) in [5, 5.41) is 13.5. The molecule has 2 atom stereocenters. The molecule has 21 heavy (non-hydrogen) atoms. The molecule has 7 nitrogen and oxygen atoms in total. The third-order valence-electron chi connectivity index (χ3n) is 3.90. The average molecular weight is 313 g/mol. The second-order valence-electron chi connectivity index (χ2n) is 5.45. The van der Waals surface area contributed by atoms with E-state index in [0.717, 1.165) is 6.42 Å². The minimum absolute atomic E-state index is 0.0615. The SMILES string of the molecule is CNc1cc([N+](=O)[O-])ccc1S(=O)(=O)N(C)CC1CC1C. The summed E-state index contributed by atoms with van der Waals surface area (Å²) in [6, 6.07) is 3.73. The summed E-state index contributed by atoms with van der Waals surface area (Å²) < 4.78 is 26.5. The molecule has 116 valence electrons. The average Bonchev–Trinajstić information content (AvgIpc) is 3.13. The van der Waals surface area contributed by atoms with Gasteiger partial charge in [-0.25, -0.2) is 12.7 Å². The number of rotatable bonds is 6. The summed E-state index contributed by atoms with van der Waals surface area (Å²) in [5.74, 6) is 0.962. The number of nitrogens with zero attached hydrogens (tertiary/aromatic N) is 2. The van der Waals surface area contributed by atoms with Crippen molar-refractivity contribution in [2.45, 2.75) is 18.2 Å². The topological polar surface area (TPSA) is 92.5 Å². The van der Waals surface area contributed by atoms with E-state index in [1.807, 2.05) is 0 Å². The van der Waals surface area contributed by atoms with Gasteiger partial charge in [-0.1, -0.05) is 6.92 Å². The van der Waals surface area contributed by atoms with Gasteiger partial charge < -0.3 is 5.32 Å². The van der Waals surface area contributed by atoms with E-state index >= 15 is 0 Å². The van der Waals surface area contributed by atoms with Crippen LogP contribution in [0.3, 0.4) is 0 Å². The van der Waals surface area contributed by atoms with Crippen LogP contribution in [0.5, 0.6) is 0 Å². The van der Waals surface area contributed by atoms with Crippen LogP contribution in [0.25, 0.3) is 0 Å². The molecule has 2 rings (SSSR count). The van der Waals surface area contributed by atoms with Crippen LogP contribution in [0.2, 0.25) is 0 Å². The number of nitro benzene ring substituents is 1. The quantitative estimate of drug-likeness (QED) is 0.639. The lowest BCUT2D eigenvalue weighted by Crippen LogP contribution is -2.29. The molecule has 0 saturated heterocycles. The Hall–Kier alpha value is -1.67. The van der Waals surface area contributed by atoms with Gasteiger partial charge >= 0.3 is 0 Å². The molecule has 8 heteroatoms. The van der Waals surface area contributed by atoms with Crippen molar-refractivity contribution in [3.63, 3.8) is 0 Å². The van der Waals surface area contributed by atoms with Gasteiger partial charge in [0.15, 0.2) is 0 Å². The summed E-state index contributed by atoms with van der Waals surface area (Å²) in [6.07, 6.45) is 1.04. The van der Waals surface area contributed by atoms with Gasteiger partial charge in [-0.3, -0.25) is 10.1 Å². The van der Waals surface area contributed by atoms with Crippen LogP contribution in [0.4, 0.5) is 11.4 Å². The van der Waals surface area contributed by atoms with E-state index in [4.69, 9.17) is 0 Å². The molecule has 0 radical (unpaired) electrons. The highest BCUT2D eigenvalue weighted by Gasteiger charge is 2.36. The molecule has 1 saturated carbocycles. The van der Waals surface area contributed by atoms with Crippen molar-refractivity contribution in [1.82, 2.24) is 4.31 Å². The van der Waals surface area contributed by atoms with Gasteiger partial charge in [0, 0.05) is 32.8 Å². The predicted octanol–water partition coefficient (Wildman–Crippen LogP) is 1.91. The predicted molar refractivity (Wildman–Crippen MR) is 79.7 cm³/mol. The van der Waals surface area contributed by atoms with Crippen molar-refractivity contribution in [2.75, 3.05) is 26.0 Å². The van der Waals surface area contributed by atoms with E-state index in [1.165, 1.54) is 22.5 Å². The van der Waals surface area contributed by atoms with Crippen molar-refractivity contribution < 1.29 is 13.3 Å². The largest absolute Gasteiger partial charge is 0.387 e. The first kappa shape index (κ1) is 15.7. The van der Waals surface area contributed by atoms with Crippen molar-refractivity contribution in [1.29, 1.82) is 0 Å². The number of hydrogen-bond acceptors (Lipinski definition) is 5. The van der Waals surface area contributed by atoms with Crippen LogP contribution in [-0.2, 0) is 10.0 Å². The minimum Gasteiger partial charge on any atom is -0.387 e. The van der Waals surface area contributed by atoms with Crippen LogP contribution in [0.1, 0.15) is 13.3 Å². The molecule has 0 heterocycles. The molecule has 1 N–H and O–H groups in total. The van der Waals surface area contributed by atoms with Crippen LogP contribution < -0.4 is 5.32 Å². The van der Waals surface area contributed by atoms with Gasteiger partial charge in [0.2, 0.25) is 10.0 Å². The molecular weight excluding hydrogens is 294 g/mol. The van der Waals surface area contributed by atoms with Gasteiger partial charge in [-0.15, -0.1) is 0 Å². The summed E-state index contributed by atoms with van der Waals surface area (Å²) in [4.78, 5) is 10.3. The summed E-state index contributed by atoms with van der Waals surface area (Å²) in [7, 11) is -0.569. The van der Waals surface area contributed by atoms with Crippen molar-refractivity contribution in [2.24, 2.45) is 11.8 Å². The molecule has 1 aromatic rings. The zero-order valence-electron chi connectivity index (χ0n) is 12.2. The number of hydrogen-bond donors (Lipinski definition) is 1. The molecule has 0 spiro atoms. The second-order valence-corrected chi connectivity index (χ2v) is 7.46. The molecule has 1 aromatic carbocycles. The van der Waals surface area contributed by atoms with Gasteiger partial charge in [0.05, 0.1) is 10.6 Å². The van der Waals surface area contributed by atoms with E-state index in [-0.39, 0.29) is 16.3 Å². The smallest absolute Gasteiger partial charge is 0.271 e. The Morgan fingerprint density at radius 1 is 1.48 bits per heavy atom. The second kappa shape index (κ2) is 5.61. The van der Waals surface area contributed by atoms with Crippen molar-refractivity contribution >= 4 is 21.4 Å². The number of nitrogens with one attached hydrogen (secondary N) is 1. The molecular formula is C13H19N3O4S. The van der Waals surface area contributed by atoms with E-state index in [0.29, 0.717) is 18.4 Å². The molecule has 0 aromatic heterocycles. The van der Waals surface area contributed by atoms with Crippen LogP contribution in [0, 0.1) is 22.0 Å². The Balaban J connectivity index is 2.32.